The van der Waals surface area contributed by atoms with Gasteiger partial charge < -0.3 is 15.4 Å². The number of nitro groups is 1. The van der Waals surface area contributed by atoms with Crippen molar-refractivity contribution in [3.63, 3.8) is 0 Å². The standard InChI is InChI=1S/C15H21N3O4S/c1-9-4-5-16-8-11(9)17-15(19)10-6-14(23-3)13(22-2)7-12(10)18(20)21/h6-7,9,11,16H,4-5,8H2,1-3H3,(H,17,19). The molecule has 2 rings (SSSR count). The number of rotatable bonds is 5. The third-order valence-corrected chi connectivity index (χ3v) is 4.85. The molecule has 0 radical (unpaired) electrons. The zero-order valence-electron chi connectivity index (χ0n) is 13.4. The van der Waals surface area contributed by atoms with Crippen LogP contribution in [0.15, 0.2) is 17.0 Å². The molecule has 1 aliphatic rings. The molecule has 1 fully saturated rings. The van der Waals surface area contributed by atoms with Crippen LogP contribution in [0.1, 0.15) is 23.7 Å². The van der Waals surface area contributed by atoms with E-state index in [9.17, 15) is 14.9 Å². The lowest BCUT2D eigenvalue weighted by Crippen LogP contribution is -2.50. The average molecular weight is 339 g/mol. The quantitative estimate of drug-likeness (QED) is 0.484. The van der Waals surface area contributed by atoms with Crippen molar-refractivity contribution < 1.29 is 14.5 Å². The van der Waals surface area contributed by atoms with Crippen LogP contribution in [-0.2, 0) is 0 Å². The van der Waals surface area contributed by atoms with E-state index in [2.05, 4.69) is 17.6 Å². The van der Waals surface area contributed by atoms with Gasteiger partial charge in [0.1, 0.15) is 11.3 Å². The van der Waals surface area contributed by atoms with E-state index < -0.39 is 10.8 Å². The Hall–Kier alpha value is -1.80. The lowest BCUT2D eigenvalue weighted by Gasteiger charge is -2.30. The van der Waals surface area contributed by atoms with E-state index in [0.717, 1.165) is 13.0 Å². The van der Waals surface area contributed by atoms with Crippen LogP contribution < -0.4 is 15.4 Å². The molecule has 23 heavy (non-hydrogen) atoms. The van der Waals surface area contributed by atoms with Crippen molar-refractivity contribution in [2.24, 2.45) is 5.92 Å². The highest BCUT2D eigenvalue weighted by atomic mass is 32.2. The normalized spacial score (nSPS) is 20.8. The molecule has 1 aromatic carbocycles. The second kappa shape index (κ2) is 7.65. The van der Waals surface area contributed by atoms with E-state index in [0.29, 0.717) is 23.1 Å². The first-order chi connectivity index (χ1) is 11.0. The van der Waals surface area contributed by atoms with Gasteiger partial charge in [-0.25, -0.2) is 0 Å². The zero-order chi connectivity index (χ0) is 17.0. The molecule has 1 aliphatic heterocycles. The molecular weight excluding hydrogens is 318 g/mol. The first-order valence-corrected chi connectivity index (χ1v) is 8.62. The summed E-state index contributed by atoms with van der Waals surface area (Å²) in [6.45, 7) is 3.67. The second-order valence-electron chi connectivity index (χ2n) is 5.53. The van der Waals surface area contributed by atoms with Crippen LogP contribution in [0.5, 0.6) is 5.75 Å². The van der Waals surface area contributed by atoms with E-state index in [-0.39, 0.29) is 17.3 Å². The fraction of sp³-hybridized carbons (Fsp3) is 0.533. The number of carbonyl (C=O) groups is 1. The third kappa shape index (κ3) is 3.94. The Morgan fingerprint density at radius 2 is 2.26 bits per heavy atom. The predicted octanol–water partition coefficient (Wildman–Crippen LogP) is 2.05. The molecule has 0 aromatic heterocycles. The number of benzene rings is 1. The molecule has 7 nitrogen and oxygen atoms in total. The van der Waals surface area contributed by atoms with Crippen molar-refractivity contribution in [2.45, 2.75) is 24.3 Å². The number of carbonyl (C=O) groups excluding carboxylic acids is 1. The van der Waals surface area contributed by atoms with Crippen molar-refractivity contribution in [2.75, 3.05) is 26.5 Å². The molecule has 2 unspecified atom stereocenters. The monoisotopic (exact) mass is 339 g/mol. The number of piperidine rings is 1. The van der Waals surface area contributed by atoms with Gasteiger partial charge in [-0.05, 0) is 31.2 Å². The Balaban J connectivity index is 2.32. The summed E-state index contributed by atoms with van der Waals surface area (Å²) >= 11 is 1.38. The Labute approximate surface area is 139 Å². The van der Waals surface area contributed by atoms with E-state index >= 15 is 0 Å². The summed E-state index contributed by atoms with van der Waals surface area (Å²) < 4.78 is 5.16. The molecular formula is C15H21N3O4S. The van der Waals surface area contributed by atoms with Crippen molar-refractivity contribution in [3.8, 4) is 5.75 Å². The van der Waals surface area contributed by atoms with E-state index in [1.54, 1.807) is 0 Å². The Bertz CT molecular complexity index is 609. The van der Waals surface area contributed by atoms with Gasteiger partial charge in [-0.3, -0.25) is 14.9 Å². The molecule has 0 spiro atoms. The summed E-state index contributed by atoms with van der Waals surface area (Å²) in [5, 5.41) is 17.4. The highest BCUT2D eigenvalue weighted by molar-refractivity contribution is 7.98. The van der Waals surface area contributed by atoms with Gasteiger partial charge in [0.05, 0.1) is 23.0 Å². The van der Waals surface area contributed by atoms with Gasteiger partial charge in [0, 0.05) is 12.6 Å². The maximum atomic E-state index is 12.6. The smallest absolute Gasteiger partial charge is 0.285 e. The topological polar surface area (TPSA) is 93.5 Å². The van der Waals surface area contributed by atoms with E-state index in [1.165, 1.54) is 31.0 Å². The van der Waals surface area contributed by atoms with E-state index in [1.807, 2.05) is 6.26 Å². The molecule has 1 amide bonds. The summed E-state index contributed by atoms with van der Waals surface area (Å²) in [4.78, 5) is 24.0. The van der Waals surface area contributed by atoms with Crippen molar-refractivity contribution >= 4 is 23.4 Å². The summed E-state index contributed by atoms with van der Waals surface area (Å²) in [5.74, 6) is 0.307. The Morgan fingerprint density at radius 1 is 1.52 bits per heavy atom. The molecule has 0 aliphatic carbocycles. The Kier molecular flexibility index (Phi) is 5.84. The fourth-order valence-electron chi connectivity index (χ4n) is 2.63. The molecule has 8 heteroatoms. The number of amides is 1. The largest absolute Gasteiger partial charge is 0.495 e. The lowest BCUT2D eigenvalue weighted by atomic mass is 9.94. The highest BCUT2D eigenvalue weighted by Crippen LogP contribution is 2.34. The first-order valence-electron chi connectivity index (χ1n) is 7.40. The van der Waals surface area contributed by atoms with Gasteiger partial charge in [0.15, 0.2) is 0 Å². The van der Waals surface area contributed by atoms with Crippen LogP contribution in [0, 0.1) is 16.0 Å². The fourth-order valence-corrected chi connectivity index (χ4v) is 3.21. The van der Waals surface area contributed by atoms with E-state index in [4.69, 9.17) is 4.74 Å². The molecule has 1 heterocycles. The van der Waals surface area contributed by atoms with Crippen LogP contribution >= 0.6 is 11.8 Å². The number of methoxy groups -OCH3 is 1. The maximum Gasteiger partial charge on any atom is 0.285 e. The number of hydrogen-bond acceptors (Lipinski definition) is 6. The maximum absolute atomic E-state index is 12.6. The number of hydrogen-bond donors (Lipinski definition) is 2. The lowest BCUT2D eigenvalue weighted by molar-refractivity contribution is -0.385. The highest BCUT2D eigenvalue weighted by Gasteiger charge is 2.28. The summed E-state index contributed by atoms with van der Waals surface area (Å²) in [6, 6.07) is 2.80. The summed E-state index contributed by atoms with van der Waals surface area (Å²) in [7, 11) is 1.45. The molecule has 0 saturated carbocycles. The summed E-state index contributed by atoms with van der Waals surface area (Å²) in [5.41, 5.74) is -0.175. The van der Waals surface area contributed by atoms with Crippen LogP contribution in [0.4, 0.5) is 5.69 Å². The number of ether oxygens (including phenoxy) is 1. The number of nitrogens with one attached hydrogen (secondary N) is 2. The number of nitrogens with zero attached hydrogens (tertiary/aromatic N) is 1. The van der Waals surface area contributed by atoms with Crippen LogP contribution in [0.2, 0.25) is 0 Å². The van der Waals surface area contributed by atoms with Crippen LogP contribution in [0.25, 0.3) is 0 Å². The van der Waals surface area contributed by atoms with Crippen molar-refractivity contribution in [1.29, 1.82) is 0 Å². The first kappa shape index (κ1) is 17.6. The van der Waals surface area contributed by atoms with Gasteiger partial charge in [-0.1, -0.05) is 6.92 Å². The molecule has 2 N–H and O–H groups in total. The minimum absolute atomic E-state index is 0.0318. The average Bonchev–Trinajstić information content (AvgIpc) is 2.55. The van der Waals surface area contributed by atoms with Gasteiger partial charge >= 0.3 is 0 Å². The second-order valence-corrected chi connectivity index (χ2v) is 6.38. The van der Waals surface area contributed by atoms with Crippen LogP contribution in [-0.4, -0.2) is 43.3 Å². The minimum Gasteiger partial charge on any atom is -0.495 e. The molecule has 0 bridgehead atoms. The molecule has 1 aromatic rings. The third-order valence-electron chi connectivity index (χ3n) is 4.09. The van der Waals surface area contributed by atoms with Crippen molar-refractivity contribution in [1.82, 2.24) is 10.6 Å². The Morgan fingerprint density at radius 3 is 2.83 bits per heavy atom. The SMILES string of the molecule is COc1cc([N+](=O)[O-])c(C(=O)NC2CNCCC2C)cc1SC. The molecule has 1 saturated heterocycles. The zero-order valence-corrected chi connectivity index (χ0v) is 14.2. The number of thioether (sulfide) groups is 1. The van der Waals surface area contributed by atoms with Gasteiger partial charge in [-0.15, -0.1) is 11.8 Å². The van der Waals surface area contributed by atoms with Gasteiger partial charge in [0.2, 0.25) is 0 Å². The molecule has 126 valence electrons. The van der Waals surface area contributed by atoms with Crippen LogP contribution in [0.3, 0.4) is 0 Å². The molecule has 2 atom stereocenters. The predicted molar refractivity (Wildman–Crippen MR) is 89.3 cm³/mol. The van der Waals surface area contributed by atoms with Crippen molar-refractivity contribution in [3.05, 3.63) is 27.8 Å². The number of nitro benzene ring substituents is 1. The summed E-state index contributed by atoms with van der Waals surface area (Å²) in [6.07, 6.45) is 2.80. The van der Waals surface area contributed by atoms with Gasteiger partial charge in [-0.2, -0.15) is 0 Å². The van der Waals surface area contributed by atoms with Gasteiger partial charge in [0.25, 0.3) is 11.6 Å². The minimum atomic E-state index is -0.551.